The number of H-pyrrole nitrogens is 1. The third-order valence-electron chi connectivity index (χ3n) is 4.40. The van der Waals surface area contributed by atoms with Gasteiger partial charge < -0.3 is 20.3 Å². The third kappa shape index (κ3) is 3.16. The summed E-state index contributed by atoms with van der Waals surface area (Å²) >= 11 is 7.99. The zero-order chi connectivity index (χ0) is 17.3. The van der Waals surface area contributed by atoms with Crippen molar-refractivity contribution in [3.05, 3.63) is 50.6 Å². The van der Waals surface area contributed by atoms with Crippen molar-refractivity contribution in [1.29, 1.82) is 0 Å². The van der Waals surface area contributed by atoms with Crippen LogP contribution in [0, 0.1) is 17.4 Å². The zero-order valence-corrected chi connectivity index (χ0v) is 16.7. The number of hydrogen-bond acceptors (Lipinski definition) is 3. The molecule has 1 aliphatic rings. The molecule has 1 saturated heterocycles. The van der Waals surface area contributed by atoms with Crippen LogP contribution in [0.4, 0.5) is 0 Å². The molecule has 1 aliphatic heterocycles. The Morgan fingerprint density at radius 3 is 2.71 bits per heavy atom. The second-order valence-electron chi connectivity index (χ2n) is 6.00. The quantitative estimate of drug-likeness (QED) is 0.477. The monoisotopic (exact) mass is 456 g/mol. The molecule has 2 atom stereocenters. The van der Waals surface area contributed by atoms with E-state index in [-0.39, 0.29) is 18.7 Å². The highest BCUT2D eigenvalue weighted by atomic mass is 127. The summed E-state index contributed by atoms with van der Waals surface area (Å²) < 4.78 is 1.23. The second kappa shape index (κ2) is 7.37. The summed E-state index contributed by atoms with van der Waals surface area (Å²) in [5, 5.41) is 13.4. The number of aryl methyl sites for hydroxylation is 2. The Labute approximate surface area is 161 Å². The maximum Gasteiger partial charge on any atom is 0.170 e. The Morgan fingerprint density at radius 1 is 1.33 bits per heavy atom. The first kappa shape index (κ1) is 17.6. The van der Waals surface area contributed by atoms with Gasteiger partial charge in [0.05, 0.1) is 17.8 Å². The van der Waals surface area contributed by atoms with Crippen molar-refractivity contribution in [1.82, 2.24) is 20.2 Å². The van der Waals surface area contributed by atoms with Gasteiger partial charge in [0, 0.05) is 39.9 Å². The van der Waals surface area contributed by atoms with Crippen molar-refractivity contribution >= 4 is 39.9 Å². The van der Waals surface area contributed by atoms with Gasteiger partial charge in [-0.15, -0.1) is 0 Å². The fourth-order valence-corrected chi connectivity index (χ4v) is 4.51. The third-order valence-corrected chi connectivity index (χ3v) is 6.14. The largest absolute Gasteiger partial charge is 0.396 e. The topological polar surface area (TPSA) is 64.2 Å². The van der Waals surface area contributed by atoms with E-state index >= 15 is 0 Å². The molecular formula is C17H21IN4OS. The number of thiocarbonyl (C=S) groups is 1. The van der Waals surface area contributed by atoms with E-state index in [1.807, 2.05) is 24.4 Å². The van der Waals surface area contributed by atoms with Gasteiger partial charge in [-0.2, -0.15) is 0 Å². The molecule has 0 amide bonds. The van der Waals surface area contributed by atoms with Crippen molar-refractivity contribution in [3.63, 3.8) is 0 Å². The van der Waals surface area contributed by atoms with Gasteiger partial charge >= 0.3 is 0 Å². The van der Waals surface area contributed by atoms with Gasteiger partial charge in [-0.3, -0.25) is 4.98 Å². The molecule has 24 heavy (non-hydrogen) atoms. The summed E-state index contributed by atoms with van der Waals surface area (Å²) in [6.07, 6.45) is 2.50. The molecule has 0 radical (unpaired) electrons. The van der Waals surface area contributed by atoms with Crippen LogP contribution < -0.4 is 5.32 Å². The smallest absolute Gasteiger partial charge is 0.170 e. The predicted molar refractivity (Wildman–Crippen MR) is 107 cm³/mol. The Morgan fingerprint density at radius 2 is 2.12 bits per heavy atom. The lowest BCUT2D eigenvalue weighted by Gasteiger charge is -2.28. The highest BCUT2D eigenvalue weighted by Crippen LogP contribution is 2.42. The van der Waals surface area contributed by atoms with Crippen LogP contribution >= 0.6 is 34.8 Å². The summed E-state index contributed by atoms with van der Waals surface area (Å²) in [6.45, 7) is 5.07. The van der Waals surface area contributed by atoms with Crippen molar-refractivity contribution in [2.45, 2.75) is 32.4 Å². The van der Waals surface area contributed by atoms with Crippen LogP contribution in [0.25, 0.3) is 0 Å². The van der Waals surface area contributed by atoms with Crippen LogP contribution in [0.5, 0.6) is 0 Å². The molecule has 0 unspecified atom stereocenters. The fourth-order valence-electron chi connectivity index (χ4n) is 3.32. The van der Waals surface area contributed by atoms with E-state index in [1.165, 1.54) is 14.8 Å². The molecule has 7 heteroatoms. The SMILES string of the molecule is Cc1[nH]c(C)c([C@H]2[C@H](c3ccccn3)NC(=S)N2CCCO)c1I. The Bertz CT molecular complexity index is 734. The van der Waals surface area contributed by atoms with E-state index in [0.717, 1.165) is 23.0 Å². The molecule has 3 heterocycles. The van der Waals surface area contributed by atoms with E-state index in [4.69, 9.17) is 12.2 Å². The molecule has 5 nitrogen and oxygen atoms in total. The van der Waals surface area contributed by atoms with Gasteiger partial charge in [0.25, 0.3) is 0 Å². The van der Waals surface area contributed by atoms with Crippen LogP contribution in [-0.4, -0.2) is 38.2 Å². The minimum Gasteiger partial charge on any atom is -0.396 e. The van der Waals surface area contributed by atoms with Crippen LogP contribution in [0.3, 0.4) is 0 Å². The molecule has 2 aromatic heterocycles. The number of aliphatic hydroxyl groups is 1. The highest BCUT2D eigenvalue weighted by Gasteiger charge is 2.41. The summed E-state index contributed by atoms with van der Waals surface area (Å²) in [6, 6.07) is 6.02. The van der Waals surface area contributed by atoms with E-state index < -0.39 is 0 Å². The van der Waals surface area contributed by atoms with Crippen molar-refractivity contribution in [2.24, 2.45) is 0 Å². The lowest BCUT2D eigenvalue weighted by molar-refractivity contribution is 0.247. The first-order valence-electron chi connectivity index (χ1n) is 7.98. The minimum atomic E-state index is -0.000177. The number of aromatic nitrogens is 2. The van der Waals surface area contributed by atoms with Gasteiger partial charge in [-0.25, -0.2) is 0 Å². The lowest BCUT2D eigenvalue weighted by atomic mass is 9.96. The summed E-state index contributed by atoms with van der Waals surface area (Å²) in [7, 11) is 0. The van der Waals surface area contributed by atoms with Gasteiger partial charge in [-0.05, 0) is 67.2 Å². The number of nitrogens with zero attached hydrogens (tertiary/aromatic N) is 2. The Balaban J connectivity index is 2.07. The fraction of sp³-hybridized carbons (Fsp3) is 0.412. The second-order valence-corrected chi connectivity index (χ2v) is 7.47. The summed E-state index contributed by atoms with van der Waals surface area (Å²) in [5.74, 6) is 0. The maximum absolute atomic E-state index is 9.26. The average molecular weight is 456 g/mol. The van der Waals surface area contributed by atoms with Crippen LogP contribution in [0.15, 0.2) is 24.4 Å². The molecule has 0 aliphatic carbocycles. The van der Waals surface area contributed by atoms with Gasteiger partial charge in [0.1, 0.15) is 0 Å². The molecule has 0 saturated carbocycles. The van der Waals surface area contributed by atoms with Crippen LogP contribution in [0.1, 0.15) is 41.1 Å². The summed E-state index contributed by atoms with van der Waals surface area (Å²) in [4.78, 5) is 10.2. The van der Waals surface area contributed by atoms with Crippen LogP contribution in [0.2, 0.25) is 0 Å². The molecule has 3 rings (SSSR count). The molecule has 128 valence electrons. The van der Waals surface area contributed by atoms with E-state index in [0.29, 0.717) is 6.42 Å². The number of pyridine rings is 1. The number of halogens is 1. The highest BCUT2D eigenvalue weighted by molar-refractivity contribution is 14.1. The Hall–Kier alpha value is -1.19. The van der Waals surface area contributed by atoms with E-state index in [1.54, 1.807) is 0 Å². The number of hydrogen-bond donors (Lipinski definition) is 3. The standard InChI is InChI=1S/C17H21IN4OS/c1-10-13(14(18)11(2)20-10)16-15(12-6-3-4-7-19-12)21-17(24)22(16)8-5-9-23/h3-4,6-7,15-16,20,23H,5,8-9H2,1-2H3,(H,21,24)/t15-,16-/m0/s1. The lowest BCUT2D eigenvalue weighted by Crippen LogP contribution is -2.31. The molecule has 0 aromatic carbocycles. The normalized spacial score (nSPS) is 20.5. The minimum absolute atomic E-state index is 0.000177. The molecule has 1 fully saturated rings. The van der Waals surface area contributed by atoms with Crippen molar-refractivity contribution in [3.8, 4) is 0 Å². The number of aromatic amines is 1. The average Bonchev–Trinajstić information content (AvgIpc) is 3.02. The van der Waals surface area contributed by atoms with Gasteiger partial charge in [0.15, 0.2) is 5.11 Å². The predicted octanol–water partition coefficient (Wildman–Crippen LogP) is 2.99. The van der Waals surface area contributed by atoms with Crippen molar-refractivity contribution in [2.75, 3.05) is 13.2 Å². The number of nitrogens with one attached hydrogen (secondary N) is 2. The first-order chi connectivity index (χ1) is 11.5. The molecule has 2 aromatic rings. The first-order valence-corrected chi connectivity index (χ1v) is 9.46. The molecule has 0 spiro atoms. The van der Waals surface area contributed by atoms with Crippen molar-refractivity contribution < 1.29 is 5.11 Å². The molecular weight excluding hydrogens is 435 g/mol. The van der Waals surface area contributed by atoms with Crippen LogP contribution in [-0.2, 0) is 0 Å². The maximum atomic E-state index is 9.26. The van der Waals surface area contributed by atoms with E-state index in [9.17, 15) is 5.11 Å². The molecule has 0 bridgehead atoms. The van der Waals surface area contributed by atoms with Gasteiger partial charge in [0.2, 0.25) is 0 Å². The van der Waals surface area contributed by atoms with Gasteiger partial charge in [-0.1, -0.05) is 6.07 Å². The zero-order valence-electron chi connectivity index (χ0n) is 13.7. The van der Waals surface area contributed by atoms with E-state index in [2.05, 4.69) is 56.6 Å². The molecule has 3 N–H and O–H groups in total. The Kier molecular flexibility index (Phi) is 5.41. The summed E-state index contributed by atoms with van der Waals surface area (Å²) in [5.41, 5.74) is 4.56. The number of rotatable bonds is 5. The number of aliphatic hydroxyl groups excluding tert-OH is 1.